The van der Waals surface area contributed by atoms with E-state index in [2.05, 4.69) is 25.3 Å². The Hall–Kier alpha value is -3.26. The smallest absolute Gasteiger partial charge is 0.250 e. The summed E-state index contributed by atoms with van der Waals surface area (Å²) in [6.07, 6.45) is 0. The summed E-state index contributed by atoms with van der Waals surface area (Å²) in [6, 6.07) is 19.1. The summed E-state index contributed by atoms with van der Waals surface area (Å²) in [5, 5.41) is 12.2. The number of amides is 1. The zero-order valence-electron chi connectivity index (χ0n) is 14.8. The highest BCUT2D eigenvalue weighted by Gasteiger charge is 2.30. The van der Waals surface area contributed by atoms with E-state index in [0.717, 1.165) is 11.3 Å². The Kier molecular flexibility index (Phi) is 4.80. The molecular weight excluding hydrogens is 342 g/mol. The maximum Gasteiger partial charge on any atom is 0.250 e. The molecule has 1 aromatic heterocycles. The molecule has 1 saturated heterocycles. The number of benzene rings is 2. The molecule has 0 saturated carbocycles. The molecule has 0 bridgehead atoms. The number of carbonyl (C=O) groups excluding carboxylic acids is 1. The molecule has 2 aromatic carbocycles. The largest absolute Gasteiger partial charge is 0.368 e. The van der Waals surface area contributed by atoms with Crippen molar-refractivity contribution in [3.8, 4) is 5.69 Å². The molecule has 2 heterocycles. The van der Waals surface area contributed by atoms with Gasteiger partial charge in [-0.15, -0.1) is 0 Å². The molecule has 1 aliphatic rings. The minimum atomic E-state index is -0.418. The fourth-order valence-electron chi connectivity index (χ4n) is 3.49. The third-order valence-electron chi connectivity index (χ3n) is 4.80. The topological polar surface area (TPSA) is 93.2 Å². The van der Waals surface area contributed by atoms with Crippen LogP contribution in [0, 0.1) is 0 Å². The maximum absolute atomic E-state index is 12.1. The first-order valence-corrected chi connectivity index (χ1v) is 8.91. The molecule has 138 valence electrons. The van der Waals surface area contributed by atoms with Crippen molar-refractivity contribution >= 4 is 11.9 Å². The van der Waals surface area contributed by atoms with Gasteiger partial charge in [0.2, 0.25) is 11.9 Å². The van der Waals surface area contributed by atoms with Crippen LogP contribution >= 0.6 is 0 Å². The van der Waals surface area contributed by atoms with Gasteiger partial charge in [0.15, 0.2) is 0 Å². The molecule has 1 unspecified atom stereocenters. The van der Waals surface area contributed by atoms with Gasteiger partial charge < -0.3 is 10.6 Å². The lowest BCUT2D eigenvalue weighted by atomic mass is 10.0. The number of tetrazole rings is 1. The third kappa shape index (κ3) is 3.52. The van der Waals surface area contributed by atoms with E-state index in [1.165, 1.54) is 0 Å². The van der Waals surface area contributed by atoms with E-state index in [9.17, 15) is 4.79 Å². The zero-order valence-corrected chi connectivity index (χ0v) is 14.8. The van der Waals surface area contributed by atoms with Crippen LogP contribution in [-0.2, 0) is 4.79 Å². The molecule has 27 heavy (non-hydrogen) atoms. The van der Waals surface area contributed by atoms with Crippen molar-refractivity contribution in [2.45, 2.75) is 6.04 Å². The first-order chi connectivity index (χ1) is 13.2. The van der Waals surface area contributed by atoms with Crippen LogP contribution < -0.4 is 10.6 Å². The number of hydrogen-bond acceptors (Lipinski definition) is 6. The van der Waals surface area contributed by atoms with Crippen molar-refractivity contribution in [3.05, 3.63) is 66.2 Å². The van der Waals surface area contributed by atoms with Gasteiger partial charge in [0.05, 0.1) is 5.69 Å². The lowest BCUT2D eigenvalue weighted by molar-refractivity contribution is -0.123. The van der Waals surface area contributed by atoms with E-state index < -0.39 is 6.04 Å². The number of primary amides is 1. The molecule has 1 atom stereocenters. The number of anilines is 1. The predicted octanol–water partition coefficient (Wildman–Crippen LogP) is 1.01. The van der Waals surface area contributed by atoms with Gasteiger partial charge in [-0.05, 0) is 28.1 Å². The monoisotopic (exact) mass is 363 g/mol. The fourth-order valence-corrected chi connectivity index (χ4v) is 3.49. The number of hydrogen-bond donors (Lipinski definition) is 1. The van der Waals surface area contributed by atoms with Crippen molar-refractivity contribution in [2.75, 3.05) is 31.1 Å². The van der Waals surface area contributed by atoms with Crippen LogP contribution in [0.4, 0.5) is 5.95 Å². The zero-order chi connectivity index (χ0) is 18.6. The first-order valence-electron chi connectivity index (χ1n) is 8.91. The number of piperazine rings is 1. The number of nitrogens with zero attached hydrogens (tertiary/aromatic N) is 6. The number of nitrogens with two attached hydrogens (primary N) is 1. The van der Waals surface area contributed by atoms with Gasteiger partial charge >= 0.3 is 0 Å². The number of rotatable bonds is 5. The maximum atomic E-state index is 12.1. The van der Waals surface area contributed by atoms with Gasteiger partial charge in [-0.1, -0.05) is 53.6 Å². The fraction of sp³-hybridized carbons (Fsp3) is 0.263. The van der Waals surface area contributed by atoms with Crippen molar-refractivity contribution in [2.24, 2.45) is 5.73 Å². The molecule has 8 heteroatoms. The molecule has 4 rings (SSSR count). The molecule has 0 radical (unpaired) electrons. The molecule has 0 spiro atoms. The van der Waals surface area contributed by atoms with Crippen LogP contribution in [-0.4, -0.2) is 57.2 Å². The second-order valence-electron chi connectivity index (χ2n) is 6.46. The molecule has 2 N–H and O–H groups in total. The highest BCUT2D eigenvalue weighted by molar-refractivity contribution is 5.81. The van der Waals surface area contributed by atoms with Crippen LogP contribution in [0.5, 0.6) is 0 Å². The summed E-state index contributed by atoms with van der Waals surface area (Å²) in [4.78, 5) is 16.3. The minimum absolute atomic E-state index is 0.330. The van der Waals surface area contributed by atoms with Crippen LogP contribution in [0.3, 0.4) is 0 Å². The highest BCUT2D eigenvalue weighted by atomic mass is 16.1. The Labute approximate surface area is 157 Å². The molecule has 3 aromatic rings. The highest BCUT2D eigenvalue weighted by Crippen LogP contribution is 2.24. The van der Waals surface area contributed by atoms with Gasteiger partial charge in [0.1, 0.15) is 6.04 Å². The van der Waals surface area contributed by atoms with Crippen molar-refractivity contribution in [1.29, 1.82) is 0 Å². The Morgan fingerprint density at radius 3 is 2.19 bits per heavy atom. The SMILES string of the molecule is NC(=O)C(c1ccccc1)N1CCN(c2nnnn2-c2ccccc2)CC1. The second kappa shape index (κ2) is 7.55. The summed E-state index contributed by atoms with van der Waals surface area (Å²) in [5.41, 5.74) is 7.54. The summed E-state index contributed by atoms with van der Waals surface area (Å²) in [6.45, 7) is 2.82. The van der Waals surface area contributed by atoms with Gasteiger partial charge in [-0.3, -0.25) is 9.69 Å². The Morgan fingerprint density at radius 1 is 0.926 bits per heavy atom. The predicted molar refractivity (Wildman–Crippen MR) is 101 cm³/mol. The van der Waals surface area contributed by atoms with E-state index in [1.807, 2.05) is 60.7 Å². The van der Waals surface area contributed by atoms with Crippen LogP contribution in [0.15, 0.2) is 60.7 Å². The standard InChI is InChI=1S/C19H21N7O/c20-18(27)17(15-7-3-1-4-8-15)24-11-13-25(14-12-24)19-21-22-23-26(19)16-9-5-2-6-10-16/h1-10,17H,11-14H2,(H2,20,27). The van der Waals surface area contributed by atoms with Crippen LogP contribution in [0.1, 0.15) is 11.6 Å². The van der Waals surface area contributed by atoms with E-state index in [4.69, 9.17) is 5.73 Å². The Bertz CT molecular complexity index is 889. The average molecular weight is 363 g/mol. The van der Waals surface area contributed by atoms with Crippen molar-refractivity contribution < 1.29 is 4.79 Å². The number of carbonyl (C=O) groups is 1. The Balaban J connectivity index is 1.50. The average Bonchev–Trinajstić information content (AvgIpc) is 3.20. The van der Waals surface area contributed by atoms with E-state index in [0.29, 0.717) is 32.1 Å². The molecule has 1 amide bonds. The van der Waals surface area contributed by atoms with Crippen LogP contribution in [0.2, 0.25) is 0 Å². The molecular formula is C19H21N7O. The molecule has 1 aliphatic heterocycles. The summed E-state index contributed by atoms with van der Waals surface area (Å²) < 4.78 is 1.73. The van der Waals surface area contributed by atoms with E-state index in [1.54, 1.807) is 4.68 Å². The minimum Gasteiger partial charge on any atom is -0.368 e. The summed E-state index contributed by atoms with van der Waals surface area (Å²) in [5.74, 6) is 0.375. The van der Waals surface area contributed by atoms with Crippen molar-refractivity contribution in [1.82, 2.24) is 25.1 Å². The normalized spacial score (nSPS) is 16.2. The van der Waals surface area contributed by atoms with E-state index in [-0.39, 0.29) is 5.91 Å². The Morgan fingerprint density at radius 2 is 1.56 bits per heavy atom. The lowest BCUT2D eigenvalue weighted by Gasteiger charge is -2.38. The number of para-hydroxylation sites is 1. The van der Waals surface area contributed by atoms with Crippen molar-refractivity contribution in [3.63, 3.8) is 0 Å². The quantitative estimate of drug-likeness (QED) is 0.727. The molecule has 0 aliphatic carbocycles. The lowest BCUT2D eigenvalue weighted by Crippen LogP contribution is -2.51. The number of aromatic nitrogens is 4. The molecule has 1 fully saturated rings. The summed E-state index contributed by atoms with van der Waals surface area (Å²) in [7, 11) is 0. The van der Waals surface area contributed by atoms with Gasteiger partial charge in [0.25, 0.3) is 0 Å². The van der Waals surface area contributed by atoms with Crippen LogP contribution in [0.25, 0.3) is 5.69 Å². The van der Waals surface area contributed by atoms with E-state index >= 15 is 0 Å². The second-order valence-corrected chi connectivity index (χ2v) is 6.46. The first kappa shape index (κ1) is 17.2. The van der Waals surface area contributed by atoms with Gasteiger partial charge in [-0.2, -0.15) is 4.68 Å². The summed E-state index contributed by atoms with van der Waals surface area (Å²) >= 11 is 0. The van der Waals surface area contributed by atoms with Gasteiger partial charge in [0, 0.05) is 26.2 Å². The third-order valence-corrected chi connectivity index (χ3v) is 4.80. The molecule has 8 nitrogen and oxygen atoms in total. The van der Waals surface area contributed by atoms with Gasteiger partial charge in [-0.25, -0.2) is 0 Å².